The Labute approximate surface area is 98.1 Å². The highest BCUT2D eigenvalue weighted by Crippen LogP contribution is 2.26. The van der Waals surface area contributed by atoms with E-state index in [9.17, 15) is 4.79 Å². The lowest BCUT2D eigenvalue weighted by Crippen LogP contribution is -1.99. The van der Waals surface area contributed by atoms with Crippen LogP contribution in [0.1, 0.15) is 21.6 Å². The summed E-state index contributed by atoms with van der Waals surface area (Å²) in [6.45, 7) is 1.72. The first-order chi connectivity index (χ1) is 8.13. The molecule has 0 aliphatic rings. The highest BCUT2D eigenvalue weighted by Gasteiger charge is 2.16. The number of rotatable bonds is 2. The van der Waals surface area contributed by atoms with Crippen LogP contribution in [0.2, 0.25) is 0 Å². The molecule has 0 saturated carbocycles. The zero-order valence-corrected chi connectivity index (χ0v) is 9.19. The second-order valence-electron chi connectivity index (χ2n) is 3.70. The molecule has 4 heteroatoms. The third-order valence-electron chi connectivity index (χ3n) is 2.62. The van der Waals surface area contributed by atoms with Gasteiger partial charge in [-0.25, -0.2) is 4.79 Å². The number of carbonyl (C=O) groups is 1. The minimum atomic E-state index is -0.955. The number of benzene rings is 1. The zero-order valence-electron chi connectivity index (χ0n) is 9.19. The first-order valence-electron chi connectivity index (χ1n) is 5.05. The predicted molar refractivity (Wildman–Crippen MR) is 62.6 cm³/mol. The van der Waals surface area contributed by atoms with Crippen LogP contribution in [-0.4, -0.2) is 16.1 Å². The molecular formula is C13H10N2O2. The summed E-state index contributed by atoms with van der Waals surface area (Å²) in [6.07, 6.45) is 1.67. The Morgan fingerprint density at radius 3 is 2.53 bits per heavy atom. The van der Waals surface area contributed by atoms with Crippen LogP contribution >= 0.6 is 0 Å². The van der Waals surface area contributed by atoms with E-state index < -0.39 is 5.97 Å². The summed E-state index contributed by atoms with van der Waals surface area (Å²) in [5, 5.41) is 17.8. The largest absolute Gasteiger partial charge is 0.478 e. The van der Waals surface area contributed by atoms with Crippen LogP contribution in [0.25, 0.3) is 11.1 Å². The Kier molecular flexibility index (Phi) is 2.67. The average molecular weight is 226 g/mol. The molecule has 17 heavy (non-hydrogen) atoms. The summed E-state index contributed by atoms with van der Waals surface area (Å²) in [4.78, 5) is 14.0. The summed E-state index contributed by atoms with van der Waals surface area (Å²) in [7, 11) is 0. The molecule has 2 N–H and O–H groups in total. The van der Waals surface area contributed by atoms with E-state index in [-0.39, 0.29) is 5.56 Å². The number of aromatic nitrogens is 1. The number of aryl methyl sites for hydroxylation is 1. The molecule has 0 spiro atoms. The molecule has 0 aliphatic heterocycles. The Hall–Kier alpha value is -2.54. The van der Waals surface area contributed by atoms with Gasteiger partial charge in [0.1, 0.15) is 0 Å². The maximum atomic E-state index is 11.1. The van der Waals surface area contributed by atoms with Crippen molar-refractivity contribution in [1.29, 1.82) is 5.26 Å². The molecule has 1 heterocycles. The summed E-state index contributed by atoms with van der Waals surface area (Å²) >= 11 is 0. The number of hydrogen-bond acceptors (Lipinski definition) is 2. The van der Waals surface area contributed by atoms with Gasteiger partial charge in [-0.3, -0.25) is 0 Å². The second kappa shape index (κ2) is 4.14. The molecule has 2 rings (SSSR count). The first kappa shape index (κ1) is 11.0. The van der Waals surface area contributed by atoms with E-state index in [1.807, 2.05) is 6.07 Å². The van der Waals surface area contributed by atoms with E-state index in [0.717, 1.165) is 5.56 Å². The topological polar surface area (TPSA) is 76.9 Å². The lowest BCUT2D eigenvalue weighted by molar-refractivity contribution is 0.0697. The monoisotopic (exact) mass is 226 g/mol. The SMILES string of the molecule is Cc1[nH]cc(-c2ccc(C#N)cc2)c1C(=O)O. The standard InChI is InChI=1S/C13H10N2O2/c1-8-12(13(16)17)11(7-15-8)10-4-2-9(6-14)3-5-10/h2-5,7,15H,1H3,(H,16,17). The normalized spacial score (nSPS) is 9.88. The Balaban J connectivity index is 2.53. The van der Waals surface area contributed by atoms with Gasteiger partial charge in [-0.2, -0.15) is 5.26 Å². The van der Waals surface area contributed by atoms with Gasteiger partial charge in [0.15, 0.2) is 0 Å². The maximum absolute atomic E-state index is 11.1. The van der Waals surface area contributed by atoms with Gasteiger partial charge in [0.25, 0.3) is 0 Å². The van der Waals surface area contributed by atoms with Gasteiger partial charge in [-0.05, 0) is 24.6 Å². The molecule has 0 saturated heterocycles. The van der Waals surface area contributed by atoms with Crippen LogP contribution < -0.4 is 0 Å². The number of carboxylic acid groups (broad SMARTS) is 1. The van der Waals surface area contributed by atoms with Crippen molar-refractivity contribution in [2.45, 2.75) is 6.92 Å². The number of H-pyrrole nitrogens is 1. The summed E-state index contributed by atoms with van der Waals surface area (Å²) < 4.78 is 0. The van der Waals surface area contributed by atoms with E-state index in [4.69, 9.17) is 10.4 Å². The fourth-order valence-corrected chi connectivity index (χ4v) is 1.75. The minimum absolute atomic E-state index is 0.273. The van der Waals surface area contributed by atoms with Crippen molar-refractivity contribution >= 4 is 5.97 Å². The number of nitriles is 1. The molecule has 0 amide bonds. The van der Waals surface area contributed by atoms with Crippen molar-refractivity contribution in [3.63, 3.8) is 0 Å². The molecule has 84 valence electrons. The highest BCUT2D eigenvalue weighted by molar-refractivity contribution is 5.97. The van der Waals surface area contributed by atoms with E-state index in [2.05, 4.69) is 4.98 Å². The molecule has 0 fully saturated rings. The Morgan fingerprint density at radius 1 is 1.35 bits per heavy atom. The van der Waals surface area contributed by atoms with Crippen molar-refractivity contribution in [3.05, 3.63) is 47.3 Å². The van der Waals surface area contributed by atoms with Crippen LogP contribution in [-0.2, 0) is 0 Å². The van der Waals surface area contributed by atoms with Crippen LogP contribution in [0, 0.1) is 18.3 Å². The van der Waals surface area contributed by atoms with E-state index in [1.54, 1.807) is 37.4 Å². The van der Waals surface area contributed by atoms with Crippen molar-refractivity contribution in [3.8, 4) is 17.2 Å². The quantitative estimate of drug-likeness (QED) is 0.826. The van der Waals surface area contributed by atoms with Gasteiger partial charge in [0.05, 0.1) is 17.2 Å². The smallest absolute Gasteiger partial charge is 0.338 e. The lowest BCUT2D eigenvalue weighted by atomic mass is 10.0. The second-order valence-corrected chi connectivity index (χ2v) is 3.70. The molecule has 1 aromatic heterocycles. The van der Waals surface area contributed by atoms with E-state index >= 15 is 0 Å². The molecular weight excluding hydrogens is 216 g/mol. The van der Waals surface area contributed by atoms with Gasteiger partial charge >= 0.3 is 5.97 Å². The number of aromatic carboxylic acids is 1. The molecule has 0 bridgehead atoms. The summed E-state index contributed by atoms with van der Waals surface area (Å²) in [5.74, 6) is -0.955. The van der Waals surface area contributed by atoms with Gasteiger partial charge in [-0.1, -0.05) is 12.1 Å². The van der Waals surface area contributed by atoms with Crippen molar-refractivity contribution in [2.75, 3.05) is 0 Å². The number of hydrogen-bond donors (Lipinski definition) is 2. The van der Waals surface area contributed by atoms with E-state index in [0.29, 0.717) is 16.8 Å². The molecule has 1 aromatic carbocycles. The molecule has 0 unspecified atom stereocenters. The molecule has 0 atom stereocenters. The molecule has 0 aliphatic carbocycles. The maximum Gasteiger partial charge on any atom is 0.338 e. The Bertz CT molecular complexity index is 603. The van der Waals surface area contributed by atoms with Gasteiger partial charge in [0.2, 0.25) is 0 Å². The summed E-state index contributed by atoms with van der Waals surface area (Å²) in [5.41, 5.74) is 2.87. The first-order valence-corrected chi connectivity index (χ1v) is 5.05. The van der Waals surface area contributed by atoms with Gasteiger partial charge < -0.3 is 10.1 Å². The fraction of sp³-hybridized carbons (Fsp3) is 0.0769. The van der Waals surface area contributed by atoms with Crippen LogP contribution in [0.3, 0.4) is 0 Å². The van der Waals surface area contributed by atoms with Crippen molar-refractivity contribution in [2.24, 2.45) is 0 Å². The van der Waals surface area contributed by atoms with Crippen molar-refractivity contribution < 1.29 is 9.90 Å². The van der Waals surface area contributed by atoms with Crippen LogP contribution in [0.5, 0.6) is 0 Å². The minimum Gasteiger partial charge on any atom is -0.478 e. The number of aromatic amines is 1. The summed E-state index contributed by atoms with van der Waals surface area (Å²) in [6, 6.07) is 8.85. The zero-order chi connectivity index (χ0) is 12.4. The number of carboxylic acids is 1. The lowest BCUT2D eigenvalue weighted by Gasteiger charge is -2.01. The predicted octanol–water partition coefficient (Wildman–Crippen LogP) is 2.56. The van der Waals surface area contributed by atoms with Gasteiger partial charge in [0, 0.05) is 17.5 Å². The van der Waals surface area contributed by atoms with Crippen LogP contribution in [0.4, 0.5) is 0 Å². The van der Waals surface area contributed by atoms with E-state index in [1.165, 1.54) is 0 Å². The molecule has 0 radical (unpaired) electrons. The highest BCUT2D eigenvalue weighted by atomic mass is 16.4. The molecule has 2 aromatic rings. The third-order valence-corrected chi connectivity index (χ3v) is 2.62. The average Bonchev–Trinajstić information content (AvgIpc) is 2.71. The molecule has 4 nitrogen and oxygen atoms in total. The number of nitrogens with one attached hydrogen (secondary N) is 1. The third kappa shape index (κ3) is 1.91. The van der Waals surface area contributed by atoms with Crippen LogP contribution in [0.15, 0.2) is 30.5 Å². The number of nitrogens with zero attached hydrogens (tertiary/aromatic N) is 1. The van der Waals surface area contributed by atoms with Gasteiger partial charge in [-0.15, -0.1) is 0 Å². The van der Waals surface area contributed by atoms with Crippen molar-refractivity contribution in [1.82, 2.24) is 4.98 Å². The fourth-order valence-electron chi connectivity index (χ4n) is 1.75. The Morgan fingerprint density at radius 2 is 2.00 bits per heavy atom.